The first-order valence-electron chi connectivity index (χ1n) is 6.69. The summed E-state index contributed by atoms with van der Waals surface area (Å²) >= 11 is 0. The number of nitrogens with zero attached hydrogens (tertiary/aromatic N) is 3. The van der Waals surface area contributed by atoms with E-state index >= 15 is 0 Å². The maximum absolute atomic E-state index is 5.63. The molecular weight excluding hydrogens is 224 g/mol. The summed E-state index contributed by atoms with van der Waals surface area (Å²) in [5.74, 6) is 0. The van der Waals surface area contributed by atoms with Crippen LogP contribution in [0.2, 0.25) is 0 Å². The molecule has 1 aromatic heterocycles. The highest BCUT2D eigenvalue weighted by atomic mass is 15.3. The quantitative estimate of drug-likeness (QED) is 0.869. The maximum Gasteiger partial charge on any atom is 0.0547 e. The maximum atomic E-state index is 5.63. The molecule has 4 heteroatoms. The molecule has 1 aromatic rings. The van der Waals surface area contributed by atoms with Crippen molar-refractivity contribution in [2.75, 3.05) is 20.1 Å². The van der Waals surface area contributed by atoms with E-state index in [0.29, 0.717) is 18.6 Å². The minimum absolute atomic E-state index is 0.517. The van der Waals surface area contributed by atoms with Gasteiger partial charge in [0.2, 0.25) is 0 Å². The molecule has 1 fully saturated rings. The third-order valence-electron chi connectivity index (χ3n) is 3.89. The van der Waals surface area contributed by atoms with Gasteiger partial charge in [0.1, 0.15) is 0 Å². The SMILES string of the molecule is CC1CN(Cc2cccc(CN)n2)CC(C)N1C. The highest BCUT2D eigenvalue weighted by Gasteiger charge is 2.26. The van der Waals surface area contributed by atoms with Crippen LogP contribution in [0, 0.1) is 0 Å². The first-order valence-corrected chi connectivity index (χ1v) is 6.69. The molecule has 0 aromatic carbocycles. The van der Waals surface area contributed by atoms with Gasteiger partial charge in [0.05, 0.1) is 11.4 Å². The number of pyridine rings is 1. The standard InChI is InChI=1S/C14H24N4/c1-11-8-18(9-12(2)17(11)3)10-14-6-4-5-13(7-15)16-14/h4-6,11-12H,7-10,15H2,1-3H3. The largest absolute Gasteiger partial charge is 0.325 e. The van der Waals surface area contributed by atoms with Crippen molar-refractivity contribution in [3.63, 3.8) is 0 Å². The van der Waals surface area contributed by atoms with E-state index < -0.39 is 0 Å². The molecule has 0 bridgehead atoms. The van der Waals surface area contributed by atoms with E-state index in [4.69, 9.17) is 5.73 Å². The van der Waals surface area contributed by atoms with E-state index in [2.05, 4.69) is 41.7 Å². The molecule has 0 amide bonds. The van der Waals surface area contributed by atoms with E-state index in [1.807, 2.05) is 12.1 Å². The minimum Gasteiger partial charge on any atom is -0.325 e. The normalized spacial score (nSPS) is 26.4. The highest BCUT2D eigenvalue weighted by molar-refractivity contribution is 5.11. The van der Waals surface area contributed by atoms with Crippen LogP contribution in [-0.4, -0.2) is 47.0 Å². The number of aromatic nitrogens is 1. The predicted octanol–water partition coefficient (Wildman–Crippen LogP) is 1.06. The number of likely N-dealkylation sites (N-methyl/N-ethyl adjacent to an activating group) is 1. The van der Waals surface area contributed by atoms with Crippen molar-refractivity contribution in [3.8, 4) is 0 Å². The van der Waals surface area contributed by atoms with Crippen LogP contribution in [0.25, 0.3) is 0 Å². The second-order valence-corrected chi connectivity index (χ2v) is 5.38. The van der Waals surface area contributed by atoms with Crippen molar-refractivity contribution in [2.45, 2.75) is 39.0 Å². The summed E-state index contributed by atoms with van der Waals surface area (Å²) in [6, 6.07) is 7.33. The zero-order valence-corrected chi connectivity index (χ0v) is 11.6. The number of nitrogens with two attached hydrogens (primary N) is 1. The van der Waals surface area contributed by atoms with Crippen LogP contribution >= 0.6 is 0 Å². The van der Waals surface area contributed by atoms with Gasteiger partial charge < -0.3 is 5.73 Å². The monoisotopic (exact) mass is 248 g/mol. The molecule has 4 nitrogen and oxygen atoms in total. The zero-order chi connectivity index (χ0) is 13.1. The summed E-state index contributed by atoms with van der Waals surface area (Å²) in [5, 5.41) is 0. The first kappa shape index (κ1) is 13.5. The van der Waals surface area contributed by atoms with Gasteiger partial charge in [0.25, 0.3) is 0 Å². The van der Waals surface area contributed by atoms with Gasteiger partial charge in [-0.05, 0) is 33.0 Å². The lowest BCUT2D eigenvalue weighted by atomic mass is 10.1. The van der Waals surface area contributed by atoms with Crippen LogP contribution in [0.5, 0.6) is 0 Å². The lowest BCUT2D eigenvalue weighted by Gasteiger charge is -2.42. The summed E-state index contributed by atoms with van der Waals surface area (Å²) < 4.78 is 0. The molecule has 0 radical (unpaired) electrons. The summed E-state index contributed by atoms with van der Waals surface area (Å²) in [6.45, 7) is 8.23. The van der Waals surface area contributed by atoms with Crippen molar-refractivity contribution in [2.24, 2.45) is 5.73 Å². The van der Waals surface area contributed by atoms with Crippen LogP contribution in [0.4, 0.5) is 0 Å². The Hall–Kier alpha value is -0.970. The molecule has 2 heterocycles. The minimum atomic E-state index is 0.517. The third kappa shape index (κ3) is 3.07. The molecule has 18 heavy (non-hydrogen) atoms. The topological polar surface area (TPSA) is 45.4 Å². The van der Waals surface area contributed by atoms with Crippen molar-refractivity contribution < 1.29 is 0 Å². The van der Waals surface area contributed by atoms with Gasteiger partial charge in [-0.3, -0.25) is 14.8 Å². The van der Waals surface area contributed by atoms with Crippen LogP contribution < -0.4 is 5.73 Å². The van der Waals surface area contributed by atoms with Crippen molar-refractivity contribution >= 4 is 0 Å². The number of hydrogen-bond acceptors (Lipinski definition) is 4. The fraction of sp³-hybridized carbons (Fsp3) is 0.643. The molecule has 2 unspecified atom stereocenters. The summed E-state index contributed by atoms with van der Waals surface area (Å²) in [4.78, 5) is 9.50. The lowest BCUT2D eigenvalue weighted by Crippen LogP contribution is -2.54. The van der Waals surface area contributed by atoms with E-state index in [9.17, 15) is 0 Å². The third-order valence-corrected chi connectivity index (χ3v) is 3.89. The van der Waals surface area contributed by atoms with Crippen molar-refractivity contribution in [1.29, 1.82) is 0 Å². The molecular formula is C14H24N4. The van der Waals surface area contributed by atoms with Crippen molar-refractivity contribution in [1.82, 2.24) is 14.8 Å². The Labute approximate surface area is 110 Å². The summed E-state index contributed by atoms with van der Waals surface area (Å²) in [7, 11) is 2.21. The Morgan fingerprint density at radius 3 is 2.44 bits per heavy atom. The second kappa shape index (κ2) is 5.78. The molecule has 0 spiro atoms. The molecule has 2 N–H and O–H groups in total. The van der Waals surface area contributed by atoms with Crippen LogP contribution in [-0.2, 0) is 13.1 Å². The fourth-order valence-electron chi connectivity index (χ4n) is 2.60. The van der Waals surface area contributed by atoms with E-state index in [-0.39, 0.29) is 0 Å². The van der Waals surface area contributed by atoms with Crippen LogP contribution in [0.1, 0.15) is 25.2 Å². The molecule has 2 atom stereocenters. The second-order valence-electron chi connectivity index (χ2n) is 5.38. The van der Waals surface area contributed by atoms with E-state index in [1.54, 1.807) is 0 Å². The Balaban J connectivity index is 2.00. The first-order chi connectivity index (χ1) is 8.60. The van der Waals surface area contributed by atoms with Gasteiger partial charge in [-0.1, -0.05) is 6.07 Å². The fourth-order valence-corrected chi connectivity index (χ4v) is 2.60. The van der Waals surface area contributed by atoms with Gasteiger partial charge in [0.15, 0.2) is 0 Å². The number of piperazine rings is 1. The molecule has 100 valence electrons. The molecule has 1 aliphatic rings. The number of hydrogen-bond donors (Lipinski definition) is 1. The smallest absolute Gasteiger partial charge is 0.0547 e. The molecule has 0 aliphatic carbocycles. The van der Waals surface area contributed by atoms with Gasteiger partial charge in [0, 0.05) is 38.3 Å². The lowest BCUT2D eigenvalue weighted by molar-refractivity contribution is 0.0549. The van der Waals surface area contributed by atoms with Crippen LogP contribution in [0.3, 0.4) is 0 Å². The Morgan fingerprint density at radius 2 is 1.83 bits per heavy atom. The Bertz CT molecular complexity index is 381. The molecule has 1 aliphatic heterocycles. The average Bonchev–Trinajstić information content (AvgIpc) is 2.36. The predicted molar refractivity (Wildman–Crippen MR) is 74.1 cm³/mol. The number of rotatable bonds is 3. The van der Waals surface area contributed by atoms with E-state index in [1.165, 1.54) is 0 Å². The van der Waals surface area contributed by atoms with Gasteiger partial charge in [-0.15, -0.1) is 0 Å². The van der Waals surface area contributed by atoms with Crippen molar-refractivity contribution in [3.05, 3.63) is 29.6 Å². The van der Waals surface area contributed by atoms with Crippen LogP contribution in [0.15, 0.2) is 18.2 Å². The Morgan fingerprint density at radius 1 is 1.22 bits per heavy atom. The van der Waals surface area contributed by atoms with Gasteiger partial charge in [-0.25, -0.2) is 0 Å². The average molecular weight is 248 g/mol. The highest BCUT2D eigenvalue weighted by Crippen LogP contribution is 2.15. The Kier molecular flexibility index (Phi) is 4.32. The summed E-state index contributed by atoms with van der Waals surface area (Å²) in [6.07, 6.45) is 0. The zero-order valence-electron chi connectivity index (χ0n) is 11.6. The molecule has 2 rings (SSSR count). The van der Waals surface area contributed by atoms with Gasteiger partial charge in [-0.2, -0.15) is 0 Å². The molecule has 1 saturated heterocycles. The summed E-state index contributed by atoms with van der Waals surface area (Å²) in [5.41, 5.74) is 7.73. The van der Waals surface area contributed by atoms with Gasteiger partial charge >= 0.3 is 0 Å². The van der Waals surface area contributed by atoms with E-state index in [0.717, 1.165) is 31.0 Å². The molecule has 0 saturated carbocycles.